The van der Waals surface area contributed by atoms with E-state index in [9.17, 15) is 4.79 Å². The van der Waals surface area contributed by atoms with Crippen LogP contribution in [-0.4, -0.2) is 12.0 Å². The van der Waals surface area contributed by atoms with Gasteiger partial charge in [-0.3, -0.25) is 4.79 Å². The maximum atomic E-state index is 12.3. The van der Waals surface area contributed by atoms with E-state index in [2.05, 4.69) is 6.58 Å². The van der Waals surface area contributed by atoms with E-state index in [1.807, 2.05) is 30.5 Å². The highest BCUT2D eigenvalue weighted by molar-refractivity contribution is 8.02. The molecule has 1 aromatic rings. The number of carbonyl (C=O) groups excluding carboxylic acids is 1. The minimum atomic E-state index is 0.118. The standard InChI is InChI=1S/C14H14OS/c1-3-11-13(16-2)9-8-10-6-4-5-7-12(10)14(11)15/h3-7H,1,8-9H2,2H3. The Morgan fingerprint density at radius 3 is 2.75 bits per heavy atom. The fourth-order valence-corrected chi connectivity index (χ4v) is 2.74. The minimum absolute atomic E-state index is 0.118. The molecule has 0 aliphatic heterocycles. The number of hydrogen-bond acceptors (Lipinski definition) is 2. The van der Waals surface area contributed by atoms with Crippen LogP contribution in [0.4, 0.5) is 0 Å². The molecule has 0 spiro atoms. The molecular formula is C14H14OS. The summed E-state index contributed by atoms with van der Waals surface area (Å²) >= 11 is 1.65. The van der Waals surface area contributed by atoms with Crippen LogP contribution in [0.2, 0.25) is 0 Å². The van der Waals surface area contributed by atoms with Crippen molar-refractivity contribution in [2.45, 2.75) is 12.8 Å². The summed E-state index contributed by atoms with van der Waals surface area (Å²) in [5.41, 5.74) is 2.76. The third-order valence-corrected chi connectivity index (χ3v) is 3.80. The lowest BCUT2D eigenvalue weighted by molar-refractivity contribution is 0.103. The van der Waals surface area contributed by atoms with Gasteiger partial charge in [-0.1, -0.05) is 36.9 Å². The van der Waals surface area contributed by atoms with Gasteiger partial charge in [0, 0.05) is 11.1 Å². The molecular weight excluding hydrogens is 216 g/mol. The first kappa shape index (κ1) is 11.2. The highest BCUT2D eigenvalue weighted by Gasteiger charge is 2.20. The van der Waals surface area contributed by atoms with E-state index < -0.39 is 0 Å². The molecule has 0 saturated heterocycles. The molecule has 0 amide bonds. The molecule has 1 aromatic carbocycles. The molecule has 0 fully saturated rings. The molecule has 1 nitrogen and oxygen atoms in total. The highest BCUT2D eigenvalue weighted by atomic mass is 32.2. The Morgan fingerprint density at radius 2 is 2.06 bits per heavy atom. The van der Waals surface area contributed by atoms with E-state index in [4.69, 9.17) is 0 Å². The van der Waals surface area contributed by atoms with Crippen LogP contribution in [0.5, 0.6) is 0 Å². The lowest BCUT2D eigenvalue weighted by atomic mass is 10.00. The van der Waals surface area contributed by atoms with Gasteiger partial charge in [0.05, 0.1) is 0 Å². The second-order valence-electron chi connectivity index (χ2n) is 3.73. The summed E-state index contributed by atoms with van der Waals surface area (Å²) in [5.74, 6) is 0.118. The van der Waals surface area contributed by atoms with Gasteiger partial charge in [0.25, 0.3) is 0 Å². The van der Waals surface area contributed by atoms with Gasteiger partial charge in [-0.25, -0.2) is 0 Å². The van der Waals surface area contributed by atoms with Gasteiger partial charge in [0.2, 0.25) is 0 Å². The molecule has 0 bridgehead atoms. The Hall–Kier alpha value is -1.28. The van der Waals surface area contributed by atoms with E-state index in [-0.39, 0.29) is 5.78 Å². The van der Waals surface area contributed by atoms with Crippen molar-refractivity contribution in [3.63, 3.8) is 0 Å². The van der Waals surface area contributed by atoms with Crippen molar-refractivity contribution in [1.29, 1.82) is 0 Å². The number of aryl methyl sites for hydroxylation is 1. The predicted octanol–water partition coefficient (Wildman–Crippen LogP) is 3.62. The van der Waals surface area contributed by atoms with E-state index >= 15 is 0 Å². The van der Waals surface area contributed by atoms with E-state index in [0.29, 0.717) is 0 Å². The number of benzene rings is 1. The molecule has 1 aliphatic carbocycles. The summed E-state index contributed by atoms with van der Waals surface area (Å²) < 4.78 is 0. The summed E-state index contributed by atoms with van der Waals surface area (Å²) in [6, 6.07) is 7.85. The van der Waals surface area contributed by atoms with Crippen molar-refractivity contribution in [3.8, 4) is 0 Å². The average Bonchev–Trinajstić information content (AvgIpc) is 2.46. The number of Topliss-reactive ketones (excluding diaryl/α,β-unsaturated/α-hetero) is 1. The van der Waals surface area contributed by atoms with Gasteiger partial charge in [-0.15, -0.1) is 11.8 Å². The van der Waals surface area contributed by atoms with Crippen molar-refractivity contribution in [1.82, 2.24) is 0 Å². The normalized spacial score (nSPS) is 15.7. The first-order valence-corrected chi connectivity index (χ1v) is 6.52. The summed E-state index contributed by atoms with van der Waals surface area (Å²) in [7, 11) is 0. The first-order chi connectivity index (χ1) is 7.77. The van der Waals surface area contributed by atoms with Crippen LogP contribution < -0.4 is 0 Å². The fraction of sp³-hybridized carbons (Fsp3) is 0.214. The largest absolute Gasteiger partial charge is 0.289 e. The van der Waals surface area contributed by atoms with E-state index in [0.717, 1.165) is 34.4 Å². The second-order valence-corrected chi connectivity index (χ2v) is 4.63. The molecule has 82 valence electrons. The topological polar surface area (TPSA) is 17.1 Å². The Kier molecular flexibility index (Phi) is 3.30. The molecule has 0 unspecified atom stereocenters. The Balaban J connectivity index is 2.55. The number of thioether (sulfide) groups is 1. The monoisotopic (exact) mass is 230 g/mol. The smallest absolute Gasteiger partial charge is 0.194 e. The predicted molar refractivity (Wildman–Crippen MR) is 69.8 cm³/mol. The van der Waals surface area contributed by atoms with Gasteiger partial charge < -0.3 is 0 Å². The molecule has 16 heavy (non-hydrogen) atoms. The summed E-state index contributed by atoms with van der Waals surface area (Å²) in [6.07, 6.45) is 5.58. The van der Waals surface area contributed by atoms with Crippen LogP contribution in [0.1, 0.15) is 22.3 Å². The zero-order chi connectivity index (χ0) is 11.5. The fourth-order valence-electron chi connectivity index (χ4n) is 2.03. The SMILES string of the molecule is C=CC1=C(SC)CCc2ccccc2C1=O. The minimum Gasteiger partial charge on any atom is -0.289 e. The second kappa shape index (κ2) is 4.71. The van der Waals surface area contributed by atoms with Crippen molar-refractivity contribution < 1.29 is 4.79 Å². The van der Waals surface area contributed by atoms with E-state index in [1.165, 1.54) is 0 Å². The lowest BCUT2D eigenvalue weighted by Gasteiger charge is -2.04. The van der Waals surface area contributed by atoms with Crippen LogP contribution in [0, 0.1) is 0 Å². The molecule has 1 aliphatic rings. The third-order valence-electron chi connectivity index (χ3n) is 2.88. The van der Waals surface area contributed by atoms with Crippen LogP contribution in [0.25, 0.3) is 0 Å². The molecule has 0 radical (unpaired) electrons. The average molecular weight is 230 g/mol. The van der Waals surface area contributed by atoms with Gasteiger partial charge in [0.15, 0.2) is 5.78 Å². The first-order valence-electron chi connectivity index (χ1n) is 5.30. The molecule has 2 heteroatoms. The third kappa shape index (κ3) is 1.85. The Morgan fingerprint density at radius 1 is 1.31 bits per heavy atom. The maximum Gasteiger partial charge on any atom is 0.194 e. The molecule has 0 aromatic heterocycles. The number of allylic oxidation sites excluding steroid dienone is 3. The Labute approximate surface area is 100 Å². The molecule has 2 rings (SSSR count). The van der Waals surface area contributed by atoms with Crippen molar-refractivity contribution in [2.24, 2.45) is 0 Å². The van der Waals surface area contributed by atoms with E-state index in [1.54, 1.807) is 17.8 Å². The van der Waals surface area contributed by atoms with Crippen molar-refractivity contribution in [3.05, 3.63) is 58.5 Å². The van der Waals surface area contributed by atoms with Gasteiger partial charge >= 0.3 is 0 Å². The number of rotatable bonds is 2. The van der Waals surface area contributed by atoms with Gasteiger partial charge in [-0.2, -0.15) is 0 Å². The number of hydrogen-bond donors (Lipinski definition) is 0. The van der Waals surface area contributed by atoms with Gasteiger partial charge in [-0.05, 0) is 29.6 Å². The number of fused-ring (bicyclic) bond motifs is 1. The van der Waals surface area contributed by atoms with Crippen molar-refractivity contribution >= 4 is 17.5 Å². The zero-order valence-corrected chi connectivity index (χ0v) is 10.1. The summed E-state index contributed by atoms with van der Waals surface area (Å²) in [5, 5.41) is 0. The van der Waals surface area contributed by atoms with Gasteiger partial charge in [0.1, 0.15) is 0 Å². The van der Waals surface area contributed by atoms with Crippen LogP contribution in [-0.2, 0) is 6.42 Å². The number of carbonyl (C=O) groups is 1. The maximum absolute atomic E-state index is 12.3. The number of ketones is 1. The Bertz CT molecular complexity index is 471. The highest BCUT2D eigenvalue weighted by Crippen LogP contribution is 2.30. The van der Waals surface area contributed by atoms with Crippen molar-refractivity contribution in [2.75, 3.05) is 6.26 Å². The zero-order valence-electron chi connectivity index (χ0n) is 9.32. The molecule has 0 N–H and O–H groups in total. The van der Waals surface area contributed by atoms with Crippen LogP contribution in [0.3, 0.4) is 0 Å². The summed E-state index contributed by atoms with van der Waals surface area (Å²) in [4.78, 5) is 13.4. The molecule has 0 saturated carbocycles. The molecule has 0 atom stereocenters. The quantitative estimate of drug-likeness (QED) is 0.772. The lowest BCUT2D eigenvalue weighted by Crippen LogP contribution is -2.03. The van der Waals surface area contributed by atoms with Crippen LogP contribution >= 0.6 is 11.8 Å². The van der Waals surface area contributed by atoms with Crippen LogP contribution in [0.15, 0.2) is 47.4 Å². The summed E-state index contributed by atoms with van der Waals surface area (Å²) in [6.45, 7) is 3.76. The molecule has 0 heterocycles.